The van der Waals surface area contributed by atoms with Crippen LogP contribution in [0.1, 0.15) is 32.4 Å². The van der Waals surface area contributed by atoms with Gasteiger partial charge in [-0.3, -0.25) is 4.79 Å². The first kappa shape index (κ1) is 15.7. The third-order valence-electron chi connectivity index (χ3n) is 4.48. The van der Waals surface area contributed by atoms with Crippen molar-refractivity contribution in [1.82, 2.24) is 34.7 Å². The molecule has 0 aliphatic carbocycles. The van der Waals surface area contributed by atoms with Gasteiger partial charge in [0.1, 0.15) is 17.9 Å². The van der Waals surface area contributed by atoms with Crippen LogP contribution in [-0.4, -0.2) is 47.1 Å². The molecule has 0 bridgehead atoms. The molecule has 0 saturated heterocycles. The predicted octanol–water partition coefficient (Wildman–Crippen LogP) is 1.36. The Kier molecular flexibility index (Phi) is 3.55. The number of carbonyl (C=O) groups is 1. The lowest BCUT2D eigenvalue weighted by atomic mass is 9.95. The molecular formula is C17H21N7O. The summed E-state index contributed by atoms with van der Waals surface area (Å²) in [6, 6.07) is 7.64. The van der Waals surface area contributed by atoms with E-state index in [4.69, 9.17) is 0 Å². The number of aromatic nitrogens is 6. The molecule has 8 heteroatoms. The second-order valence-electron chi connectivity index (χ2n) is 7.39. The van der Waals surface area contributed by atoms with Crippen LogP contribution >= 0.6 is 0 Å². The summed E-state index contributed by atoms with van der Waals surface area (Å²) in [5.41, 5.74) is 1.60. The Balaban J connectivity index is 1.52. The Morgan fingerprint density at radius 3 is 2.72 bits per heavy atom. The number of para-hydroxylation sites is 1. The summed E-state index contributed by atoms with van der Waals surface area (Å²) < 4.78 is 3.78. The molecule has 1 amide bonds. The Labute approximate surface area is 145 Å². The molecule has 4 rings (SSSR count). The number of nitrogens with zero attached hydrogens (tertiary/aromatic N) is 7. The predicted molar refractivity (Wildman–Crippen MR) is 91.7 cm³/mol. The molecule has 2 aromatic heterocycles. The summed E-state index contributed by atoms with van der Waals surface area (Å²) in [4.78, 5) is 14.5. The van der Waals surface area contributed by atoms with Crippen LogP contribution in [-0.2, 0) is 29.8 Å². The number of carbonyl (C=O) groups excluding carboxylic acids is 1. The average Bonchev–Trinajstić information content (AvgIpc) is 3.18. The zero-order chi connectivity index (χ0) is 17.6. The van der Waals surface area contributed by atoms with Gasteiger partial charge in [-0.05, 0) is 12.1 Å². The second-order valence-corrected chi connectivity index (χ2v) is 7.39. The Morgan fingerprint density at radius 2 is 1.92 bits per heavy atom. The standard InChI is InChI=1S/C17H21N7O/c1-17(2,3)16-20-19-14-10-22(8-9-23(14)16)15(25)11-24-13-7-5-4-6-12(13)18-21-24/h4-7H,8-11H2,1-3H3. The SMILES string of the molecule is CC(C)(C)c1nnc2n1CCN(C(=O)Cn1nnc3ccccc31)C2. The average molecular weight is 339 g/mol. The molecule has 3 heterocycles. The fourth-order valence-corrected chi connectivity index (χ4v) is 3.19. The second kappa shape index (κ2) is 5.65. The fourth-order valence-electron chi connectivity index (χ4n) is 3.19. The monoisotopic (exact) mass is 339 g/mol. The maximum absolute atomic E-state index is 12.7. The molecule has 8 nitrogen and oxygen atoms in total. The molecular weight excluding hydrogens is 318 g/mol. The highest BCUT2D eigenvalue weighted by Crippen LogP contribution is 2.23. The van der Waals surface area contributed by atoms with Gasteiger partial charge in [-0.2, -0.15) is 0 Å². The smallest absolute Gasteiger partial charge is 0.244 e. The molecule has 1 aliphatic rings. The number of hydrogen-bond donors (Lipinski definition) is 0. The first-order valence-corrected chi connectivity index (χ1v) is 8.42. The Hall–Kier alpha value is -2.77. The van der Waals surface area contributed by atoms with Gasteiger partial charge in [0.2, 0.25) is 5.91 Å². The van der Waals surface area contributed by atoms with E-state index in [9.17, 15) is 4.79 Å². The molecule has 1 aliphatic heterocycles. The van der Waals surface area contributed by atoms with Crippen molar-refractivity contribution in [2.75, 3.05) is 6.54 Å². The van der Waals surface area contributed by atoms with Gasteiger partial charge < -0.3 is 9.47 Å². The number of benzene rings is 1. The van der Waals surface area contributed by atoms with Crippen LogP contribution in [0.3, 0.4) is 0 Å². The van der Waals surface area contributed by atoms with Crippen molar-refractivity contribution < 1.29 is 4.79 Å². The van der Waals surface area contributed by atoms with Crippen LogP contribution < -0.4 is 0 Å². The minimum absolute atomic E-state index is 0.0159. The maximum atomic E-state index is 12.7. The van der Waals surface area contributed by atoms with Crippen molar-refractivity contribution in [3.8, 4) is 0 Å². The van der Waals surface area contributed by atoms with Crippen LogP contribution in [0, 0.1) is 0 Å². The molecule has 130 valence electrons. The van der Waals surface area contributed by atoms with Crippen molar-refractivity contribution in [2.24, 2.45) is 0 Å². The van der Waals surface area contributed by atoms with Gasteiger partial charge in [0, 0.05) is 18.5 Å². The Bertz CT molecular complexity index is 934. The molecule has 0 atom stereocenters. The minimum Gasteiger partial charge on any atom is -0.332 e. The zero-order valence-corrected chi connectivity index (χ0v) is 14.7. The van der Waals surface area contributed by atoms with Crippen molar-refractivity contribution in [2.45, 2.75) is 45.8 Å². The number of fused-ring (bicyclic) bond motifs is 2. The van der Waals surface area contributed by atoms with Gasteiger partial charge in [-0.1, -0.05) is 38.1 Å². The topological polar surface area (TPSA) is 81.7 Å². The van der Waals surface area contributed by atoms with Gasteiger partial charge >= 0.3 is 0 Å². The van der Waals surface area contributed by atoms with E-state index in [0.717, 1.165) is 29.2 Å². The van der Waals surface area contributed by atoms with Crippen LogP contribution in [0.5, 0.6) is 0 Å². The first-order valence-electron chi connectivity index (χ1n) is 8.42. The van der Waals surface area contributed by atoms with E-state index in [2.05, 4.69) is 45.8 Å². The first-order chi connectivity index (χ1) is 11.9. The third kappa shape index (κ3) is 2.77. The lowest BCUT2D eigenvalue weighted by Gasteiger charge is -2.29. The van der Waals surface area contributed by atoms with Crippen molar-refractivity contribution in [3.63, 3.8) is 0 Å². The molecule has 0 radical (unpaired) electrons. The van der Waals surface area contributed by atoms with Crippen LogP contribution in [0.25, 0.3) is 11.0 Å². The molecule has 25 heavy (non-hydrogen) atoms. The molecule has 0 fully saturated rings. The van der Waals surface area contributed by atoms with Crippen LogP contribution in [0.4, 0.5) is 0 Å². The summed E-state index contributed by atoms with van der Waals surface area (Å²) in [6.07, 6.45) is 0. The summed E-state index contributed by atoms with van der Waals surface area (Å²) in [7, 11) is 0. The highest BCUT2D eigenvalue weighted by molar-refractivity contribution is 5.79. The lowest BCUT2D eigenvalue weighted by molar-refractivity contribution is -0.133. The molecule has 0 N–H and O–H groups in total. The molecule has 1 aromatic carbocycles. The van der Waals surface area contributed by atoms with Gasteiger partial charge in [0.15, 0.2) is 5.82 Å². The Morgan fingerprint density at radius 1 is 1.12 bits per heavy atom. The van der Waals surface area contributed by atoms with Crippen LogP contribution in [0.15, 0.2) is 24.3 Å². The van der Waals surface area contributed by atoms with E-state index >= 15 is 0 Å². The molecule has 0 unspecified atom stereocenters. The van der Waals surface area contributed by atoms with E-state index < -0.39 is 0 Å². The summed E-state index contributed by atoms with van der Waals surface area (Å²) in [5.74, 6) is 1.83. The zero-order valence-electron chi connectivity index (χ0n) is 14.7. The minimum atomic E-state index is -0.0585. The van der Waals surface area contributed by atoms with Gasteiger partial charge in [-0.15, -0.1) is 15.3 Å². The highest BCUT2D eigenvalue weighted by Gasteiger charge is 2.29. The third-order valence-corrected chi connectivity index (χ3v) is 4.48. The van der Waals surface area contributed by atoms with E-state index in [1.807, 2.05) is 29.2 Å². The number of amides is 1. The lowest BCUT2D eigenvalue weighted by Crippen LogP contribution is -2.41. The molecule has 0 spiro atoms. The van der Waals surface area contributed by atoms with Crippen molar-refractivity contribution in [1.29, 1.82) is 0 Å². The largest absolute Gasteiger partial charge is 0.332 e. The maximum Gasteiger partial charge on any atom is 0.244 e. The van der Waals surface area contributed by atoms with E-state index in [1.165, 1.54) is 0 Å². The van der Waals surface area contributed by atoms with Gasteiger partial charge in [0.25, 0.3) is 0 Å². The molecule has 3 aromatic rings. The summed E-state index contributed by atoms with van der Waals surface area (Å²) >= 11 is 0. The van der Waals surface area contributed by atoms with Gasteiger partial charge in [0.05, 0.1) is 12.1 Å². The quantitative estimate of drug-likeness (QED) is 0.704. The molecule has 0 saturated carbocycles. The van der Waals surface area contributed by atoms with Crippen LogP contribution in [0.2, 0.25) is 0 Å². The van der Waals surface area contributed by atoms with E-state index in [-0.39, 0.29) is 17.9 Å². The number of rotatable bonds is 2. The van der Waals surface area contributed by atoms with E-state index in [1.54, 1.807) is 4.68 Å². The summed E-state index contributed by atoms with van der Waals surface area (Å²) in [6.45, 7) is 8.40. The normalized spacial score (nSPS) is 14.8. The van der Waals surface area contributed by atoms with Crippen molar-refractivity contribution >= 4 is 16.9 Å². The van der Waals surface area contributed by atoms with Gasteiger partial charge in [-0.25, -0.2) is 4.68 Å². The number of hydrogen-bond acceptors (Lipinski definition) is 5. The fraction of sp³-hybridized carbons (Fsp3) is 0.471. The highest BCUT2D eigenvalue weighted by atomic mass is 16.2. The summed E-state index contributed by atoms with van der Waals surface area (Å²) in [5, 5.41) is 16.8. The van der Waals surface area contributed by atoms with Crippen molar-refractivity contribution in [3.05, 3.63) is 35.9 Å². The van der Waals surface area contributed by atoms with E-state index in [0.29, 0.717) is 13.1 Å².